The molecule has 90 valence electrons. The summed E-state index contributed by atoms with van der Waals surface area (Å²) in [7, 11) is 0. The van der Waals surface area contributed by atoms with Crippen LogP contribution in [0.25, 0.3) is 0 Å². The van der Waals surface area contributed by atoms with Crippen molar-refractivity contribution in [3.63, 3.8) is 0 Å². The third-order valence-corrected chi connectivity index (χ3v) is 3.54. The Morgan fingerprint density at radius 1 is 1.44 bits per heavy atom. The lowest BCUT2D eigenvalue weighted by molar-refractivity contribution is 0.252. The van der Waals surface area contributed by atoms with Crippen molar-refractivity contribution in [1.29, 1.82) is 0 Å². The van der Waals surface area contributed by atoms with E-state index in [1.165, 1.54) is 25.7 Å². The van der Waals surface area contributed by atoms with Gasteiger partial charge < -0.3 is 5.32 Å². The summed E-state index contributed by atoms with van der Waals surface area (Å²) in [6.45, 7) is 5.49. The number of nitrogens with one attached hydrogen (secondary N) is 1. The highest BCUT2D eigenvalue weighted by Gasteiger charge is 2.22. The molecule has 0 aliphatic heterocycles. The van der Waals surface area contributed by atoms with Gasteiger partial charge in [-0.15, -0.1) is 0 Å². The molecule has 4 nitrogen and oxygen atoms in total. The van der Waals surface area contributed by atoms with Gasteiger partial charge in [0, 0.05) is 12.1 Å². The fraction of sp³-hybridized carbons (Fsp3) is 0.833. The Morgan fingerprint density at radius 3 is 2.94 bits per heavy atom. The van der Waals surface area contributed by atoms with E-state index in [2.05, 4.69) is 29.2 Å². The first-order valence-electron chi connectivity index (χ1n) is 6.34. The highest BCUT2D eigenvalue weighted by molar-refractivity contribution is 4.80. The molecule has 4 heteroatoms. The largest absolute Gasteiger partial charge is 0.309 e. The molecule has 0 aromatic carbocycles. The molecule has 0 spiro atoms. The molecular formula is C12H22N4. The molecular weight excluding hydrogens is 200 g/mol. The van der Waals surface area contributed by atoms with Gasteiger partial charge in [0.25, 0.3) is 0 Å². The molecule has 0 radical (unpaired) electrons. The molecule has 0 amide bonds. The monoisotopic (exact) mass is 222 g/mol. The van der Waals surface area contributed by atoms with Crippen LogP contribution in [-0.2, 0) is 6.54 Å². The van der Waals surface area contributed by atoms with Gasteiger partial charge in [0.05, 0.1) is 6.54 Å². The topological polar surface area (TPSA) is 42.7 Å². The van der Waals surface area contributed by atoms with E-state index < -0.39 is 0 Å². The van der Waals surface area contributed by atoms with Gasteiger partial charge >= 0.3 is 0 Å². The van der Waals surface area contributed by atoms with E-state index in [1.807, 2.05) is 4.68 Å². The van der Waals surface area contributed by atoms with Crippen LogP contribution >= 0.6 is 0 Å². The zero-order valence-corrected chi connectivity index (χ0v) is 10.3. The lowest BCUT2D eigenvalue weighted by Crippen LogP contribution is -2.44. The van der Waals surface area contributed by atoms with Crippen molar-refractivity contribution in [3.8, 4) is 0 Å². The van der Waals surface area contributed by atoms with Crippen molar-refractivity contribution in [1.82, 2.24) is 20.1 Å². The first kappa shape index (κ1) is 11.6. The Bertz CT molecular complexity index is 296. The predicted octanol–water partition coefficient (Wildman–Crippen LogP) is 1.83. The van der Waals surface area contributed by atoms with Crippen molar-refractivity contribution in [2.24, 2.45) is 5.92 Å². The molecule has 16 heavy (non-hydrogen) atoms. The molecule has 3 atom stereocenters. The van der Waals surface area contributed by atoms with Gasteiger partial charge in [-0.2, -0.15) is 5.10 Å². The van der Waals surface area contributed by atoms with Crippen LogP contribution in [0.5, 0.6) is 0 Å². The number of rotatable bonds is 4. The maximum atomic E-state index is 4.13. The lowest BCUT2D eigenvalue weighted by atomic mass is 9.85. The van der Waals surface area contributed by atoms with E-state index in [1.54, 1.807) is 12.7 Å². The lowest BCUT2D eigenvalue weighted by Gasteiger charge is -2.32. The quantitative estimate of drug-likeness (QED) is 0.845. The first-order valence-corrected chi connectivity index (χ1v) is 6.34. The zero-order valence-electron chi connectivity index (χ0n) is 10.3. The van der Waals surface area contributed by atoms with Crippen molar-refractivity contribution in [2.45, 2.75) is 58.2 Å². The number of hydrogen-bond donors (Lipinski definition) is 1. The van der Waals surface area contributed by atoms with Crippen molar-refractivity contribution in [2.75, 3.05) is 0 Å². The Labute approximate surface area is 97.5 Å². The standard InChI is InChI=1S/C12H22N4/c1-10-5-3-4-6-12(10)15-11(2)7-16-9-13-8-14-16/h8-12,15H,3-7H2,1-2H3. The number of hydrogen-bond acceptors (Lipinski definition) is 3. The Hall–Kier alpha value is -0.900. The maximum Gasteiger partial charge on any atom is 0.137 e. The smallest absolute Gasteiger partial charge is 0.137 e. The average Bonchev–Trinajstić information content (AvgIpc) is 2.74. The minimum Gasteiger partial charge on any atom is -0.309 e. The predicted molar refractivity (Wildman–Crippen MR) is 64.0 cm³/mol. The van der Waals surface area contributed by atoms with Crippen molar-refractivity contribution in [3.05, 3.63) is 12.7 Å². The van der Waals surface area contributed by atoms with Gasteiger partial charge in [-0.1, -0.05) is 19.8 Å². The molecule has 1 aromatic heterocycles. The molecule has 1 heterocycles. The summed E-state index contributed by atoms with van der Waals surface area (Å²) < 4.78 is 1.89. The molecule has 1 N–H and O–H groups in total. The fourth-order valence-electron chi connectivity index (χ4n) is 2.59. The highest BCUT2D eigenvalue weighted by atomic mass is 15.3. The SMILES string of the molecule is CC(Cn1cncn1)NC1CCCCC1C. The van der Waals surface area contributed by atoms with Crippen LogP contribution in [0.3, 0.4) is 0 Å². The second kappa shape index (κ2) is 5.43. The summed E-state index contributed by atoms with van der Waals surface area (Å²) in [6, 6.07) is 1.15. The molecule has 2 rings (SSSR count). The third-order valence-electron chi connectivity index (χ3n) is 3.54. The van der Waals surface area contributed by atoms with Crippen LogP contribution in [0.1, 0.15) is 39.5 Å². The van der Waals surface area contributed by atoms with E-state index >= 15 is 0 Å². The number of aromatic nitrogens is 3. The van der Waals surface area contributed by atoms with E-state index in [-0.39, 0.29) is 0 Å². The zero-order chi connectivity index (χ0) is 11.4. The number of nitrogens with zero attached hydrogens (tertiary/aromatic N) is 3. The molecule has 0 saturated heterocycles. The normalized spacial score (nSPS) is 27.9. The van der Waals surface area contributed by atoms with E-state index in [9.17, 15) is 0 Å². The summed E-state index contributed by atoms with van der Waals surface area (Å²) >= 11 is 0. The van der Waals surface area contributed by atoms with Crippen LogP contribution in [-0.4, -0.2) is 26.8 Å². The Balaban J connectivity index is 1.79. The van der Waals surface area contributed by atoms with Crippen LogP contribution in [0.2, 0.25) is 0 Å². The second-order valence-electron chi connectivity index (χ2n) is 5.05. The Morgan fingerprint density at radius 2 is 2.25 bits per heavy atom. The van der Waals surface area contributed by atoms with Gasteiger partial charge in [0.15, 0.2) is 0 Å². The molecule has 1 aliphatic rings. The highest BCUT2D eigenvalue weighted by Crippen LogP contribution is 2.24. The fourth-order valence-corrected chi connectivity index (χ4v) is 2.59. The Kier molecular flexibility index (Phi) is 3.93. The molecule has 1 fully saturated rings. The summed E-state index contributed by atoms with van der Waals surface area (Å²) in [4.78, 5) is 3.96. The van der Waals surface area contributed by atoms with Crippen LogP contribution < -0.4 is 5.32 Å². The summed E-state index contributed by atoms with van der Waals surface area (Å²) in [5, 5.41) is 7.85. The van der Waals surface area contributed by atoms with Gasteiger partial charge in [-0.05, 0) is 25.7 Å². The summed E-state index contributed by atoms with van der Waals surface area (Å²) in [5.74, 6) is 0.812. The second-order valence-corrected chi connectivity index (χ2v) is 5.05. The molecule has 0 bridgehead atoms. The summed E-state index contributed by atoms with van der Waals surface area (Å²) in [6.07, 6.45) is 8.84. The minimum absolute atomic E-state index is 0.465. The molecule has 1 aromatic rings. The molecule has 1 aliphatic carbocycles. The van der Waals surface area contributed by atoms with Crippen LogP contribution in [0.15, 0.2) is 12.7 Å². The van der Waals surface area contributed by atoms with Crippen molar-refractivity contribution < 1.29 is 0 Å². The first-order chi connectivity index (χ1) is 7.75. The maximum absolute atomic E-state index is 4.13. The van der Waals surface area contributed by atoms with Gasteiger partial charge in [-0.3, -0.25) is 4.68 Å². The van der Waals surface area contributed by atoms with Gasteiger partial charge in [-0.25, -0.2) is 4.98 Å². The average molecular weight is 222 g/mol. The van der Waals surface area contributed by atoms with E-state index in [4.69, 9.17) is 0 Å². The van der Waals surface area contributed by atoms with E-state index in [0.29, 0.717) is 12.1 Å². The van der Waals surface area contributed by atoms with Crippen molar-refractivity contribution >= 4 is 0 Å². The van der Waals surface area contributed by atoms with Gasteiger partial charge in [0.2, 0.25) is 0 Å². The van der Waals surface area contributed by atoms with Crippen LogP contribution in [0, 0.1) is 5.92 Å². The molecule has 3 unspecified atom stereocenters. The van der Waals surface area contributed by atoms with Crippen LogP contribution in [0.4, 0.5) is 0 Å². The van der Waals surface area contributed by atoms with Gasteiger partial charge in [0.1, 0.15) is 12.7 Å². The minimum atomic E-state index is 0.465. The summed E-state index contributed by atoms with van der Waals surface area (Å²) in [5.41, 5.74) is 0. The molecule has 1 saturated carbocycles. The third kappa shape index (κ3) is 3.04. The van der Waals surface area contributed by atoms with E-state index in [0.717, 1.165) is 12.5 Å².